The van der Waals surface area contributed by atoms with Gasteiger partial charge >= 0.3 is 6.03 Å². The van der Waals surface area contributed by atoms with E-state index in [2.05, 4.69) is 41.4 Å². The number of likely N-dealkylation sites (tertiary alicyclic amines) is 1. The molecule has 6 nitrogen and oxygen atoms in total. The molecular formula is C18H26N4O2. The van der Waals surface area contributed by atoms with E-state index in [0.717, 1.165) is 32.4 Å². The fourth-order valence-corrected chi connectivity index (χ4v) is 3.71. The predicted octanol–water partition coefficient (Wildman–Crippen LogP) is 1.62. The Morgan fingerprint density at radius 1 is 1.17 bits per heavy atom. The zero-order valence-corrected chi connectivity index (χ0v) is 14.2. The molecule has 1 aromatic rings. The predicted molar refractivity (Wildman–Crippen MR) is 93.9 cm³/mol. The Balaban J connectivity index is 1.52. The lowest BCUT2D eigenvalue weighted by molar-refractivity contribution is -0.125. The molecule has 3 N–H and O–H groups in total. The summed E-state index contributed by atoms with van der Waals surface area (Å²) in [6, 6.07) is 7.80. The molecule has 0 aliphatic carbocycles. The van der Waals surface area contributed by atoms with Crippen molar-refractivity contribution in [1.82, 2.24) is 10.2 Å². The van der Waals surface area contributed by atoms with Gasteiger partial charge in [0, 0.05) is 31.4 Å². The molecule has 2 aliphatic rings. The molecule has 6 heteroatoms. The van der Waals surface area contributed by atoms with Crippen LogP contribution < -0.4 is 16.0 Å². The monoisotopic (exact) mass is 330 g/mol. The Labute approximate surface area is 143 Å². The summed E-state index contributed by atoms with van der Waals surface area (Å²) < 4.78 is 0. The van der Waals surface area contributed by atoms with Crippen molar-refractivity contribution >= 4 is 17.6 Å². The van der Waals surface area contributed by atoms with Crippen LogP contribution in [0.2, 0.25) is 0 Å². The van der Waals surface area contributed by atoms with Crippen LogP contribution in [0.5, 0.6) is 0 Å². The summed E-state index contributed by atoms with van der Waals surface area (Å²) in [7, 11) is 0. The first-order valence-electron chi connectivity index (χ1n) is 8.72. The van der Waals surface area contributed by atoms with E-state index in [1.165, 1.54) is 16.2 Å². The van der Waals surface area contributed by atoms with Gasteiger partial charge < -0.3 is 20.9 Å². The van der Waals surface area contributed by atoms with Crippen LogP contribution in [0.3, 0.4) is 0 Å². The number of carbonyl (C=O) groups excluding carboxylic acids is 2. The van der Waals surface area contributed by atoms with Crippen LogP contribution >= 0.6 is 0 Å². The largest absolute Gasteiger partial charge is 0.371 e. The van der Waals surface area contributed by atoms with Crippen molar-refractivity contribution in [3.05, 3.63) is 29.8 Å². The number of nitrogens with zero attached hydrogens (tertiary/aromatic N) is 2. The Hall–Kier alpha value is -2.24. The highest BCUT2D eigenvalue weighted by atomic mass is 16.2. The highest BCUT2D eigenvalue weighted by Crippen LogP contribution is 2.22. The standard InChI is InChI=1S/C18H26N4O2/c1-13-4-2-5-15(12-13)21-10-7-14(8-11-21)20-17(23)16-6-3-9-22(16)18(19)24/h2,4-5,12,14,16H,3,6-11H2,1H3,(H2,19,24)(H,20,23)/t16-/m0/s1. The minimum atomic E-state index is -0.498. The summed E-state index contributed by atoms with van der Waals surface area (Å²) >= 11 is 0. The Morgan fingerprint density at radius 2 is 1.92 bits per heavy atom. The van der Waals surface area contributed by atoms with Crippen molar-refractivity contribution in [3.63, 3.8) is 0 Å². The third-order valence-corrected chi connectivity index (χ3v) is 5.05. The van der Waals surface area contributed by atoms with Crippen molar-refractivity contribution in [3.8, 4) is 0 Å². The van der Waals surface area contributed by atoms with Gasteiger partial charge in [0.1, 0.15) is 6.04 Å². The summed E-state index contributed by atoms with van der Waals surface area (Å²) in [5.74, 6) is -0.0553. The molecule has 1 aromatic carbocycles. The van der Waals surface area contributed by atoms with Gasteiger partial charge in [-0.25, -0.2) is 4.79 Å². The molecule has 0 unspecified atom stereocenters. The van der Waals surface area contributed by atoms with Crippen LogP contribution in [0.4, 0.5) is 10.5 Å². The maximum atomic E-state index is 12.5. The summed E-state index contributed by atoms with van der Waals surface area (Å²) in [4.78, 5) is 27.7. The van der Waals surface area contributed by atoms with Crippen LogP contribution in [0, 0.1) is 6.92 Å². The normalized spacial score (nSPS) is 21.8. The number of hydrogen-bond donors (Lipinski definition) is 2. The smallest absolute Gasteiger partial charge is 0.315 e. The molecule has 0 radical (unpaired) electrons. The van der Waals surface area contributed by atoms with E-state index in [1.807, 2.05) is 0 Å². The molecule has 2 aliphatic heterocycles. The molecule has 0 spiro atoms. The van der Waals surface area contributed by atoms with Crippen molar-refractivity contribution in [2.75, 3.05) is 24.5 Å². The number of anilines is 1. The first kappa shape index (κ1) is 16.6. The number of nitrogens with two attached hydrogens (primary N) is 1. The van der Waals surface area contributed by atoms with Crippen LogP contribution in [-0.2, 0) is 4.79 Å². The number of rotatable bonds is 3. The zero-order valence-electron chi connectivity index (χ0n) is 14.2. The van der Waals surface area contributed by atoms with Gasteiger partial charge in [0.15, 0.2) is 0 Å². The second-order valence-corrected chi connectivity index (χ2v) is 6.80. The number of hydrogen-bond acceptors (Lipinski definition) is 3. The van der Waals surface area contributed by atoms with E-state index in [9.17, 15) is 9.59 Å². The molecular weight excluding hydrogens is 304 g/mol. The van der Waals surface area contributed by atoms with E-state index >= 15 is 0 Å². The Bertz CT molecular complexity index is 611. The second-order valence-electron chi connectivity index (χ2n) is 6.80. The average Bonchev–Trinajstić information content (AvgIpc) is 3.05. The minimum absolute atomic E-state index is 0.0553. The lowest BCUT2D eigenvalue weighted by Crippen LogP contribution is -2.52. The van der Waals surface area contributed by atoms with Gasteiger partial charge in [0.25, 0.3) is 0 Å². The Kier molecular flexibility index (Phi) is 4.92. The van der Waals surface area contributed by atoms with Gasteiger partial charge in [0.2, 0.25) is 5.91 Å². The lowest BCUT2D eigenvalue weighted by atomic mass is 10.0. The Morgan fingerprint density at radius 3 is 2.58 bits per heavy atom. The fourth-order valence-electron chi connectivity index (χ4n) is 3.71. The van der Waals surface area contributed by atoms with Crippen LogP contribution in [-0.4, -0.2) is 48.6 Å². The SMILES string of the molecule is Cc1cccc(N2CCC(NC(=O)[C@@H]3CCCN3C(N)=O)CC2)c1. The summed E-state index contributed by atoms with van der Waals surface area (Å²) in [5, 5.41) is 3.11. The van der Waals surface area contributed by atoms with Crippen LogP contribution in [0.25, 0.3) is 0 Å². The van der Waals surface area contributed by atoms with Gasteiger partial charge in [-0.1, -0.05) is 12.1 Å². The van der Waals surface area contributed by atoms with E-state index in [0.29, 0.717) is 13.0 Å². The molecule has 0 aromatic heterocycles. The summed E-state index contributed by atoms with van der Waals surface area (Å²) in [6.07, 6.45) is 3.38. The molecule has 1 atom stereocenters. The molecule has 2 saturated heterocycles. The van der Waals surface area contributed by atoms with Crippen molar-refractivity contribution in [1.29, 1.82) is 0 Å². The van der Waals surface area contributed by atoms with Crippen molar-refractivity contribution in [2.24, 2.45) is 5.73 Å². The number of urea groups is 1. The van der Waals surface area contributed by atoms with E-state index in [-0.39, 0.29) is 11.9 Å². The molecule has 2 heterocycles. The van der Waals surface area contributed by atoms with Gasteiger partial charge in [-0.3, -0.25) is 4.79 Å². The van der Waals surface area contributed by atoms with Crippen LogP contribution in [0.1, 0.15) is 31.2 Å². The number of aryl methyl sites for hydroxylation is 1. The molecule has 0 bridgehead atoms. The number of carbonyl (C=O) groups is 2. The third kappa shape index (κ3) is 3.63. The van der Waals surface area contributed by atoms with E-state index in [1.54, 1.807) is 0 Å². The fraction of sp³-hybridized carbons (Fsp3) is 0.556. The molecule has 24 heavy (non-hydrogen) atoms. The van der Waals surface area contributed by atoms with Gasteiger partial charge in [-0.05, 0) is 50.3 Å². The first-order chi connectivity index (χ1) is 11.5. The lowest BCUT2D eigenvalue weighted by Gasteiger charge is -2.35. The van der Waals surface area contributed by atoms with Crippen molar-refractivity contribution in [2.45, 2.75) is 44.7 Å². The molecule has 130 valence electrons. The summed E-state index contributed by atoms with van der Waals surface area (Å²) in [6.45, 7) is 4.54. The van der Waals surface area contributed by atoms with Gasteiger partial charge in [-0.15, -0.1) is 0 Å². The number of piperidine rings is 1. The number of benzene rings is 1. The maximum absolute atomic E-state index is 12.5. The molecule has 2 fully saturated rings. The highest BCUT2D eigenvalue weighted by molar-refractivity contribution is 5.87. The minimum Gasteiger partial charge on any atom is -0.371 e. The zero-order chi connectivity index (χ0) is 17.1. The number of amides is 3. The van der Waals surface area contributed by atoms with E-state index < -0.39 is 12.1 Å². The quantitative estimate of drug-likeness (QED) is 0.884. The highest BCUT2D eigenvalue weighted by Gasteiger charge is 2.34. The van der Waals surface area contributed by atoms with Crippen LogP contribution in [0.15, 0.2) is 24.3 Å². The van der Waals surface area contributed by atoms with Gasteiger partial charge in [-0.2, -0.15) is 0 Å². The van der Waals surface area contributed by atoms with E-state index in [4.69, 9.17) is 5.73 Å². The maximum Gasteiger partial charge on any atom is 0.315 e. The molecule has 3 amide bonds. The number of nitrogens with one attached hydrogen (secondary N) is 1. The van der Waals surface area contributed by atoms with Gasteiger partial charge in [0.05, 0.1) is 0 Å². The second kappa shape index (κ2) is 7.11. The average molecular weight is 330 g/mol. The summed E-state index contributed by atoms with van der Waals surface area (Å²) in [5.41, 5.74) is 7.86. The topological polar surface area (TPSA) is 78.7 Å². The molecule has 0 saturated carbocycles. The first-order valence-corrected chi connectivity index (χ1v) is 8.72. The number of primary amides is 1. The molecule has 3 rings (SSSR count). The third-order valence-electron chi connectivity index (χ3n) is 5.05. The van der Waals surface area contributed by atoms with Crippen molar-refractivity contribution < 1.29 is 9.59 Å².